The third-order valence-electron chi connectivity index (χ3n) is 17.7. The van der Waals surface area contributed by atoms with Crippen LogP contribution >= 0.6 is 0 Å². The van der Waals surface area contributed by atoms with E-state index < -0.39 is 118 Å². The Morgan fingerprint density at radius 3 is 1.92 bits per heavy atom. The van der Waals surface area contributed by atoms with Crippen molar-refractivity contribution in [3.8, 4) is 0 Å². The Bertz CT molecular complexity index is 1640. The molecule has 0 aromatic carbocycles. The smallest absolute Gasteiger partial charge is 0.186 e. The van der Waals surface area contributed by atoms with E-state index in [1.807, 2.05) is 6.92 Å². The van der Waals surface area contributed by atoms with Crippen LogP contribution in [-0.2, 0) is 37.9 Å². The lowest BCUT2D eigenvalue weighted by molar-refractivity contribution is -0.336. The van der Waals surface area contributed by atoms with Crippen LogP contribution in [0.25, 0.3) is 0 Å². The highest BCUT2D eigenvalue weighted by atomic mass is 16.7. The van der Waals surface area contributed by atoms with Gasteiger partial charge in [0.1, 0.15) is 73.2 Å². The van der Waals surface area contributed by atoms with E-state index in [4.69, 9.17) is 37.9 Å². The number of methoxy groups -OCH3 is 1. The van der Waals surface area contributed by atoms with Gasteiger partial charge in [-0.25, -0.2) is 0 Å². The van der Waals surface area contributed by atoms with Crippen molar-refractivity contribution in [2.75, 3.05) is 33.5 Å². The lowest BCUT2D eigenvalue weighted by Gasteiger charge is -2.58. The Hall–Kier alpha value is -1.02. The van der Waals surface area contributed by atoms with Crippen molar-refractivity contribution in [3.05, 3.63) is 11.6 Å². The molecule has 4 aliphatic carbocycles. The second kappa shape index (κ2) is 19.6. The first kappa shape index (κ1) is 50.4. The quantitative estimate of drug-likeness (QED) is 0.0912. The van der Waals surface area contributed by atoms with Crippen LogP contribution in [-0.4, -0.2) is 200 Å². The first-order chi connectivity index (χ1) is 30.8. The average molecular weight is 933 g/mol. The maximum atomic E-state index is 11.0. The van der Waals surface area contributed by atoms with E-state index in [2.05, 4.69) is 26.8 Å². The number of ether oxygens (including phenoxy) is 8. The molecule has 0 aromatic rings. The molecular weight excluding hydrogens is 856 g/mol. The van der Waals surface area contributed by atoms with Gasteiger partial charge in [0.15, 0.2) is 24.7 Å². The summed E-state index contributed by atoms with van der Waals surface area (Å²) in [6, 6.07) is 0. The van der Waals surface area contributed by atoms with E-state index >= 15 is 0 Å². The standard InChI is InChI=1S/C46H76O19/c1-20(18-59-41-38(55)35(52)32(49)28(16-47)62-41)8-13-46(58-5)21(2)31-27(65-46)15-26-24-7-6-22-14-23(9-11-44(22,3)25(24)10-12-45(26,31)4)61-43-40(57)37(54)34(51)30(64-43)19-60-42-39(56)36(53)33(50)29(17-48)63-42/h6,20-21,23-43,47-57H,7-19H2,1-5H3/t20-,21-,23-,24+,25-,26-,27-,28+,29+,30+,31-,32+,33+,34+,35-,36-,37-,38+,39+,40+,41+,42+,43+,44-,45-,46+/m0/s1. The van der Waals surface area contributed by atoms with E-state index in [1.165, 1.54) is 5.57 Å². The van der Waals surface area contributed by atoms with Crippen LogP contribution in [0, 0.1) is 46.3 Å². The maximum absolute atomic E-state index is 11.0. The zero-order valence-corrected chi connectivity index (χ0v) is 38.2. The summed E-state index contributed by atoms with van der Waals surface area (Å²) in [6.07, 6.45) is -11.6. The molecular formula is C46H76O19. The van der Waals surface area contributed by atoms with Gasteiger partial charge in [-0.15, -0.1) is 0 Å². The number of allylic oxidation sites excluding steroid dienone is 1. The molecule has 0 unspecified atom stereocenters. The van der Waals surface area contributed by atoms with E-state index in [0.29, 0.717) is 49.4 Å². The van der Waals surface area contributed by atoms with E-state index in [0.717, 1.165) is 32.1 Å². The van der Waals surface area contributed by atoms with Crippen LogP contribution in [0.2, 0.25) is 0 Å². The Morgan fingerprint density at radius 1 is 0.723 bits per heavy atom. The van der Waals surface area contributed by atoms with Crippen molar-refractivity contribution >= 4 is 0 Å². The second-order valence-electron chi connectivity index (χ2n) is 21.2. The fourth-order valence-corrected chi connectivity index (χ4v) is 13.8. The summed E-state index contributed by atoms with van der Waals surface area (Å²) in [5.74, 6) is 1.16. The molecule has 4 aliphatic heterocycles. The van der Waals surface area contributed by atoms with Gasteiger partial charge in [-0.3, -0.25) is 0 Å². The number of hydrogen-bond acceptors (Lipinski definition) is 19. The topological polar surface area (TPSA) is 296 Å². The van der Waals surface area contributed by atoms with Gasteiger partial charge in [-0.1, -0.05) is 39.3 Å². The first-order valence-corrected chi connectivity index (χ1v) is 23.9. The fourth-order valence-electron chi connectivity index (χ4n) is 13.8. The molecule has 4 heterocycles. The third kappa shape index (κ3) is 8.93. The van der Waals surface area contributed by atoms with Gasteiger partial charge in [0.05, 0.1) is 38.6 Å². The molecule has 7 fully saturated rings. The van der Waals surface area contributed by atoms with Crippen molar-refractivity contribution in [3.63, 3.8) is 0 Å². The molecule has 26 atom stereocenters. The summed E-state index contributed by atoms with van der Waals surface area (Å²) in [6.45, 7) is 7.81. The molecule has 0 spiro atoms. The average Bonchev–Trinajstić information content (AvgIpc) is 3.75. The highest BCUT2D eigenvalue weighted by Gasteiger charge is 2.68. The van der Waals surface area contributed by atoms with Gasteiger partial charge in [-0.05, 0) is 91.8 Å². The number of hydrogen-bond donors (Lipinski definition) is 11. The van der Waals surface area contributed by atoms with E-state index in [-0.39, 0.29) is 41.5 Å². The molecule has 8 aliphatic rings. The predicted octanol–water partition coefficient (Wildman–Crippen LogP) is -1.20. The summed E-state index contributed by atoms with van der Waals surface area (Å²) in [5, 5.41) is 113. The van der Waals surface area contributed by atoms with Crippen molar-refractivity contribution in [2.45, 2.75) is 196 Å². The molecule has 0 bridgehead atoms. The third-order valence-corrected chi connectivity index (χ3v) is 17.7. The number of fused-ring (bicyclic) bond motifs is 7. The second-order valence-corrected chi connectivity index (χ2v) is 21.2. The summed E-state index contributed by atoms with van der Waals surface area (Å²) in [7, 11) is 1.73. The Labute approximate surface area is 380 Å². The number of rotatable bonds is 14. The molecule has 0 amide bonds. The highest BCUT2D eigenvalue weighted by Crippen LogP contribution is 2.70. The van der Waals surface area contributed by atoms with Gasteiger partial charge in [-0.2, -0.15) is 0 Å². The highest BCUT2D eigenvalue weighted by molar-refractivity contribution is 5.26. The molecule has 19 nitrogen and oxygen atoms in total. The largest absolute Gasteiger partial charge is 0.394 e. The predicted molar refractivity (Wildman–Crippen MR) is 224 cm³/mol. The Kier molecular flexibility index (Phi) is 15.2. The molecule has 19 heteroatoms. The van der Waals surface area contributed by atoms with Gasteiger partial charge in [0, 0.05) is 19.4 Å². The normalized spacial score (nSPS) is 53.7. The molecule has 4 saturated heterocycles. The minimum atomic E-state index is -1.66. The monoisotopic (exact) mass is 932 g/mol. The minimum absolute atomic E-state index is 0.0262. The van der Waals surface area contributed by atoms with E-state index in [1.54, 1.807) is 7.11 Å². The zero-order chi connectivity index (χ0) is 46.9. The van der Waals surface area contributed by atoms with Gasteiger partial charge in [0.25, 0.3) is 0 Å². The minimum Gasteiger partial charge on any atom is -0.394 e. The summed E-state index contributed by atoms with van der Waals surface area (Å²) in [4.78, 5) is 0. The van der Waals surface area contributed by atoms with Crippen molar-refractivity contribution in [1.82, 2.24) is 0 Å². The zero-order valence-electron chi connectivity index (χ0n) is 38.2. The summed E-state index contributed by atoms with van der Waals surface area (Å²) in [5.41, 5.74) is 1.36. The van der Waals surface area contributed by atoms with Crippen LogP contribution in [0.3, 0.4) is 0 Å². The summed E-state index contributed by atoms with van der Waals surface area (Å²) < 4.78 is 48.1. The van der Waals surface area contributed by atoms with Crippen LogP contribution < -0.4 is 0 Å². The van der Waals surface area contributed by atoms with Gasteiger partial charge >= 0.3 is 0 Å². The van der Waals surface area contributed by atoms with Crippen LogP contribution in [0.1, 0.15) is 85.5 Å². The maximum Gasteiger partial charge on any atom is 0.186 e. The Balaban J connectivity index is 0.860. The SMILES string of the molecule is CO[C@]1(CC[C@H](C)CO[C@@H]2O[C@H](CO)[C@@H](O)[C@H](O)[C@H]2O)O[C@H]2C[C@H]3[C@@H]4CC=C5C[C@@H](O[C@@H]6O[C@H](CO[C@@H]7O[C@H](CO)[C@@H](O)[C@H](O)[C@H]7O)[C@@H](O)[C@H](O)[C@H]6O)CC[C@]5(C)[C@H]4CC[C@]3(C)[C@H]2[C@@H]1C. The molecule has 65 heavy (non-hydrogen) atoms. The molecule has 8 rings (SSSR count). The van der Waals surface area contributed by atoms with Crippen LogP contribution in [0.5, 0.6) is 0 Å². The van der Waals surface area contributed by atoms with Gasteiger partial charge < -0.3 is 94.1 Å². The number of aliphatic hydroxyl groups is 11. The van der Waals surface area contributed by atoms with Crippen molar-refractivity contribution in [2.24, 2.45) is 46.3 Å². The van der Waals surface area contributed by atoms with Crippen LogP contribution in [0.4, 0.5) is 0 Å². The fraction of sp³-hybridized carbons (Fsp3) is 0.957. The first-order valence-electron chi connectivity index (χ1n) is 23.9. The molecule has 0 radical (unpaired) electrons. The lowest BCUT2D eigenvalue weighted by Crippen LogP contribution is -2.62. The molecule has 374 valence electrons. The van der Waals surface area contributed by atoms with Crippen LogP contribution in [0.15, 0.2) is 11.6 Å². The molecule has 3 saturated carbocycles. The molecule has 0 aromatic heterocycles. The number of aliphatic hydroxyl groups excluding tert-OH is 11. The van der Waals surface area contributed by atoms with E-state index in [9.17, 15) is 56.2 Å². The molecule has 11 N–H and O–H groups in total. The Morgan fingerprint density at radius 2 is 1.31 bits per heavy atom. The van der Waals surface area contributed by atoms with Crippen molar-refractivity contribution < 1.29 is 94.1 Å². The lowest BCUT2D eigenvalue weighted by atomic mass is 9.47. The van der Waals surface area contributed by atoms with Crippen molar-refractivity contribution in [1.29, 1.82) is 0 Å². The van der Waals surface area contributed by atoms with Gasteiger partial charge in [0.2, 0.25) is 0 Å². The summed E-state index contributed by atoms with van der Waals surface area (Å²) >= 11 is 0.